The molecule has 2 rings (SSSR count). The van der Waals surface area contributed by atoms with Crippen LogP contribution in [0.2, 0.25) is 5.02 Å². The minimum atomic E-state index is -0.177. The number of likely N-dealkylation sites (tertiary alicyclic amines) is 1. The van der Waals surface area contributed by atoms with Gasteiger partial charge in [-0.25, -0.2) is 0 Å². The van der Waals surface area contributed by atoms with Crippen LogP contribution in [0, 0.1) is 11.8 Å². The summed E-state index contributed by atoms with van der Waals surface area (Å²) in [7, 11) is 4.74. The summed E-state index contributed by atoms with van der Waals surface area (Å²) in [4.78, 5) is 18.3. The van der Waals surface area contributed by atoms with Gasteiger partial charge < -0.3 is 24.4 Å². The average Bonchev–Trinajstić information content (AvgIpc) is 3.05. The van der Waals surface area contributed by atoms with Crippen molar-refractivity contribution in [3.63, 3.8) is 0 Å². The predicted molar refractivity (Wildman–Crippen MR) is 106 cm³/mol. The van der Waals surface area contributed by atoms with Crippen molar-refractivity contribution < 1.29 is 19.0 Å². The summed E-state index contributed by atoms with van der Waals surface area (Å²) in [5.74, 6) is 1.76. The molecule has 1 aliphatic rings. The summed E-state index contributed by atoms with van der Waals surface area (Å²) in [6.45, 7) is 6.30. The fourth-order valence-corrected chi connectivity index (χ4v) is 3.56. The summed E-state index contributed by atoms with van der Waals surface area (Å²) in [5.41, 5.74) is 0.943. The number of halogens is 1. The van der Waals surface area contributed by atoms with Crippen LogP contribution in [0.1, 0.15) is 19.4 Å². The molecule has 1 aliphatic heterocycles. The molecule has 0 spiro atoms. The lowest BCUT2D eigenvalue weighted by atomic mass is 9.99. The Kier molecular flexibility index (Phi) is 7.59. The van der Waals surface area contributed by atoms with Crippen molar-refractivity contribution in [1.29, 1.82) is 0 Å². The third-order valence-corrected chi connectivity index (χ3v) is 4.94. The number of hydrogen-bond acceptors (Lipinski definition) is 5. The van der Waals surface area contributed by atoms with Crippen molar-refractivity contribution in [3.05, 3.63) is 22.7 Å². The van der Waals surface area contributed by atoms with Gasteiger partial charge in [0, 0.05) is 26.7 Å². The molecule has 8 heteroatoms. The first kappa shape index (κ1) is 21.2. The SMILES string of the molecule is CCOc1c(Cl)cc(CNC(=NC)N2CC(C)C(C(=O)OC)C2)cc1OC. The van der Waals surface area contributed by atoms with Crippen molar-refractivity contribution >= 4 is 23.5 Å². The van der Waals surface area contributed by atoms with Crippen molar-refractivity contribution in [1.82, 2.24) is 10.2 Å². The molecule has 150 valence electrons. The molecule has 0 radical (unpaired) electrons. The molecule has 0 saturated carbocycles. The van der Waals surface area contributed by atoms with Crippen LogP contribution in [-0.2, 0) is 16.1 Å². The summed E-state index contributed by atoms with van der Waals surface area (Å²) in [5, 5.41) is 3.83. The van der Waals surface area contributed by atoms with Crippen molar-refractivity contribution in [3.8, 4) is 11.5 Å². The maximum absolute atomic E-state index is 11.9. The van der Waals surface area contributed by atoms with E-state index in [1.807, 2.05) is 26.0 Å². The van der Waals surface area contributed by atoms with E-state index in [0.717, 1.165) is 18.1 Å². The highest BCUT2D eigenvalue weighted by atomic mass is 35.5. The lowest BCUT2D eigenvalue weighted by Crippen LogP contribution is -2.40. The largest absolute Gasteiger partial charge is 0.493 e. The minimum Gasteiger partial charge on any atom is -0.493 e. The van der Waals surface area contributed by atoms with Gasteiger partial charge in [0.2, 0.25) is 0 Å². The molecule has 0 aliphatic carbocycles. The highest BCUT2D eigenvalue weighted by Gasteiger charge is 2.36. The van der Waals surface area contributed by atoms with Gasteiger partial charge >= 0.3 is 5.97 Å². The fraction of sp³-hybridized carbons (Fsp3) is 0.579. The molecule has 1 aromatic rings. The van der Waals surface area contributed by atoms with E-state index in [-0.39, 0.29) is 17.8 Å². The lowest BCUT2D eigenvalue weighted by Gasteiger charge is -2.22. The van der Waals surface area contributed by atoms with Crippen molar-refractivity contribution in [2.45, 2.75) is 20.4 Å². The van der Waals surface area contributed by atoms with Crippen LogP contribution < -0.4 is 14.8 Å². The molecule has 0 bridgehead atoms. The number of hydrogen-bond donors (Lipinski definition) is 1. The third-order valence-electron chi connectivity index (χ3n) is 4.66. The number of aliphatic imine (C=N–C) groups is 1. The summed E-state index contributed by atoms with van der Waals surface area (Å²) in [6.07, 6.45) is 0. The molecule has 1 N–H and O–H groups in total. The quantitative estimate of drug-likeness (QED) is 0.452. The molecular weight excluding hydrogens is 370 g/mol. The molecule has 27 heavy (non-hydrogen) atoms. The van der Waals surface area contributed by atoms with Crippen LogP contribution in [0.15, 0.2) is 17.1 Å². The molecule has 2 atom stereocenters. The minimum absolute atomic E-state index is 0.145. The third kappa shape index (κ3) is 4.97. The van der Waals surface area contributed by atoms with Crippen LogP contribution in [0.5, 0.6) is 11.5 Å². The molecule has 1 fully saturated rings. The number of carbonyl (C=O) groups is 1. The van der Waals surface area contributed by atoms with E-state index >= 15 is 0 Å². The standard InChI is InChI=1S/C19H28ClN3O4/c1-6-27-17-15(20)7-13(8-16(17)25-4)9-22-19(21-3)23-10-12(2)14(11-23)18(24)26-5/h7-8,12,14H,6,9-11H2,1-5H3,(H,21,22). The van der Waals surface area contributed by atoms with Gasteiger partial charge in [-0.1, -0.05) is 18.5 Å². The van der Waals surface area contributed by atoms with E-state index in [1.165, 1.54) is 7.11 Å². The summed E-state index contributed by atoms with van der Waals surface area (Å²) in [6, 6.07) is 3.74. The second-order valence-corrected chi connectivity index (χ2v) is 6.86. The smallest absolute Gasteiger partial charge is 0.310 e. The van der Waals surface area contributed by atoms with Crippen molar-refractivity contribution in [2.75, 3.05) is 41.0 Å². The number of carbonyl (C=O) groups excluding carboxylic acids is 1. The van der Waals surface area contributed by atoms with Gasteiger partial charge in [0.25, 0.3) is 0 Å². The van der Waals surface area contributed by atoms with E-state index in [1.54, 1.807) is 14.2 Å². The first-order valence-corrected chi connectivity index (χ1v) is 9.35. The van der Waals surface area contributed by atoms with Gasteiger partial charge in [-0.15, -0.1) is 0 Å². The second-order valence-electron chi connectivity index (χ2n) is 6.45. The van der Waals surface area contributed by atoms with E-state index < -0.39 is 0 Å². The van der Waals surface area contributed by atoms with Crippen LogP contribution >= 0.6 is 11.6 Å². The fourth-order valence-electron chi connectivity index (χ4n) is 3.27. The van der Waals surface area contributed by atoms with Gasteiger partial charge in [-0.05, 0) is 30.5 Å². The number of nitrogens with one attached hydrogen (secondary N) is 1. The van der Waals surface area contributed by atoms with Gasteiger partial charge in [-0.2, -0.15) is 0 Å². The molecule has 0 aromatic heterocycles. The Morgan fingerprint density at radius 1 is 1.37 bits per heavy atom. The van der Waals surface area contributed by atoms with Crippen molar-refractivity contribution in [2.24, 2.45) is 16.8 Å². The second kappa shape index (κ2) is 9.69. The molecule has 1 aromatic carbocycles. The van der Waals surface area contributed by atoms with Crippen LogP contribution in [0.4, 0.5) is 0 Å². The molecular formula is C19H28ClN3O4. The number of nitrogens with zero attached hydrogens (tertiary/aromatic N) is 2. The Hall–Kier alpha value is -2.15. The zero-order valence-electron chi connectivity index (χ0n) is 16.5. The maximum Gasteiger partial charge on any atom is 0.310 e. The van der Waals surface area contributed by atoms with E-state index in [0.29, 0.717) is 36.2 Å². The maximum atomic E-state index is 11.9. The number of esters is 1. The Balaban J connectivity index is 2.07. The average molecular weight is 398 g/mol. The monoisotopic (exact) mass is 397 g/mol. The Bertz CT molecular complexity index is 696. The summed E-state index contributed by atoms with van der Waals surface area (Å²) >= 11 is 6.33. The zero-order chi connectivity index (χ0) is 20.0. The molecule has 0 amide bonds. The number of benzene rings is 1. The van der Waals surface area contributed by atoms with Gasteiger partial charge in [0.1, 0.15) is 0 Å². The molecule has 2 unspecified atom stereocenters. The molecule has 1 heterocycles. The Labute approximate surface area is 165 Å². The molecule has 1 saturated heterocycles. The van der Waals surface area contributed by atoms with E-state index in [9.17, 15) is 4.79 Å². The highest BCUT2D eigenvalue weighted by molar-refractivity contribution is 6.32. The highest BCUT2D eigenvalue weighted by Crippen LogP contribution is 2.36. The first-order valence-electron chi connectivity index (χ1n) is 8.97. The number of methoxy groups -OCH3 is 2. The van der Waals surface area contributed by atoms with Crippen LogP contribution in [-0.4, -0.2) is 57.8 Å². The Morgan fingerprint density at radius 3 is 2.70 bits per heavy atom. The van der Waals surface area contributed by atoms with Gasteiger partial charge in [0.05, 0.1) is 31.8 Å². The summed E-state index contributed by atoms with van der Waals surface area (Å²) < 4.78 is 15.8. The number of guanidine groups is 1. The zero-order valence-corrected chi connectivity index (χ0v) is 17.3. The van der Waals surface area contributed by atoms with E-state index in [2.05, 4.69) is 15.2 Å². The normalized spacial score (nSPS) is 19.8. The van der Waals surface area contributed by atoms with Gasteiger partial charge in [0.15, 0.2) is 17.5 Å². The number of rotatable bonds is 6. The number of ether oxygens (including phenoxy) is 3. The Morgan fingerprint density at radius 2 is 2.11 bits per heavy atom. The topological polar surface area (TPSA) is 72.4 Å². The predicted octanol–water partition coefficient (Wildman–Crippen LogP) is 2.56. The lowest BCUT2D eigenvalue weighted by molar-refractivity contribution is -0.145. The molecule has 7 nitrogen and oxygen atoms in total. The van der Waals surface area contributed by atoms with Crippen LogP contribution in [0.25, 0.3) is 0 Å². The van der Waals surface area contributed by atoms with Gasteiger partial charge in [-0.3, -0.25) is 9.79 Å². The van der Waals surface area contributed by atoms with Crippen LogP contribution in [0.3, 0.4) is 0 Å². The first-order chi connectivity index (χ1) is 12.9. The van der Waals surface area contributed by atoms with E-state index in [4.69, 9.17) is 25.8 Å².